The molecular weight excluding hydrogens is 236 g/mol. The molecule has 0 saturated heterocycles. The Hall–Kier alpha value is -0.860. The van der Waals surface area contributed by atoms with Crippen LogP contribution in [0.5, 0.6) is 0 Å². The van der Waals surface area contributed by atoms with Crippen molar-refractivity contribution in [2.75, 3.05) is 0 Å². The fourth-order valence-electron chi connectivity index (χ4n) is 2.67. The van der Waals surface area contributed by atoms with Gasteiger partial charge in [-0.1, -0.05) is 77.3 Å². The largest absolute Gasteiger partial charge is 0.343 e. The molecule has 0 aliphatic rings. The molecule has 1 heterocycles. The highest BCUT2D eigenvalue weighted by atomic mass is 16.5. The lowest BCUT2D eigenvalue weighted by atomic mass is 9.79. The van der Waals surface area contributed by atoms with Gasteiger partial charge in [0.1, 0.15) is 0 Å². The van der Waals surface area contributed by atoms with Crippen LogP contribution in [-0.4, -0.2) is 10.1 Å². The van der Waals surface area contributed by atoms with Crippen molar-refractivity contribution in [3.05, 3.63) is 12.2 Å². The Bertz CT molecular complexity index is 297. The Morgan fingerprint density at radius 3 is 1.95 bits per heavy atom. The van der Waals surface area contributed by atoms with E-state index in [1.807, 2.05) is 0 Å². The van der Waals surface area contributed by atoms with Gasteiger partial charge in [-0.25, -0.2) is 0 Å². The van der Waals surface area contributed by atoms with Crippen LogP contribution in [0, 0.1) is 0 Å². The molecule has 0 fully saturated rings. The van der Waals surface area contributed by atoms with Crippen molar-refractivity contribution in [3.63, 3.8) is 0 Å². The molecule has 1 rings (SSSR count). The molecule has 0 aromatic carbocycles. The van der Waals surface area contributed by atoms with E-state index >= 15 is 0 Å². The molecule has 19 heavy (non-hydrogen) atoms. The Kier molecular flexibility index (Phi) is 7.76. The van der Waals surface area contributed by atoms with Gasteiger partial charge >= 0.3 is 0 Å². The lowest BCUT2D eigenvalue weighted by Gasteiger charge is -2.26. The molecule has 3 heteroatoms. The summed E-state index contributed by atoms with van der Waals surface area (Å²) in [6.45, 7) is 6.81. The minimum Gasteiger partial charge on any atom is -0.343 e. The lowest BCUT2D eigenvalue weighted by molar-refractivity contribution is 0.323. The predicted molar refractivity (Wildman–Crippen MR) is 79.2 cm³/mol. The predicted octanol–water partition coefficient (Wildman–Crippen LogP) is 5.27. The van der Waals surface area contributed by atoms with E-state index in [-0.39, 0.29) is 5.41 Å². The van der Waals surface area contributed by atoms with E-state index in [1.165, 1.54) is 70.6 Å². The standard InChI is InChI=1S/C16H30N2O/c1-4-6-8-10-12-16(3,13-11-9-7-5-2)15-17-14-19-18-15/h14H,4-13H2,1-3H3. The highest BCUT2D eigenvalue weighted by Gasteiger charge is 2.29. The minimum absolute atomic E-state index is 0.106. The number of hydrogen-bond donors (Lipinski definition) is 0. The van der Waals surface area contributed by atoms with Crippen LogP contribution >= 0.6 is 0 Å². The SMILES string of the molecule is CCCCCCC(C)(CCCCCC)c1ncon1. The number of hydrogen-bond acceptors (Lipinski definition) is 3. The Morgan fingerprint density at radius 2 is 1.53 bits per heavy atom. The van der Waals surface area contributed by atoms with E-state index < -0.39 is 0 Å². The van der Waals surface area contributed by atoms with Gasteiger partial charge in [-0.15, -0.1) is 0 Å². The van der Waals surface area contributed by atoms with Gasteiger partial charge in [0.05, 0.1) is 0 Å². The Morgan fingerprint density at radius 1 is 0.947 bits per heavy atom. The molecule has 3 nitrogen and oxygen atoms in total. The second-order valence-electron chi connectivity index (χ2n) is 5.94. The summed E-state index contributed by atoms with van der Waals surface area (Å²) in [4.78, 5) is 4.31. The van der Waals surface area contributed by atoms with E-state index in [9.17, 15) is 0 Å². The first kappa shape index (κ1) is 16.2. The molecule has 110 valence electrons. The van der Waals surface area contributed by atoms with Gasteiger partial charge in [0.25, 0.3) is 0 Å². The molecule has 1 aromatic heterocycles. The zero-order valence-electron chi connectivity index (χ0n) is 13.0. The zero-order chi connectivity index (χ0) is 14.0. The third-order valence-electron chi connectivity index (χ3n) is 4.07. The average molecular weight is 266 g/mol. The number of unbranched alkanes of at least 4 members (excludes halogenated alkanes) is 6. The van der Waals surface area contributed by atoms with Gasteiger partial charge in [0.2, 0.25) is 6.39 Å². The van der Waals surface area contributed by atoms with Crippen molar-refractivity contribution >= 4 is 0 Å². The van der Waals surface area contributed by atoms with Gasteiger partial charge in [0, 0.05) is 5.41 Å². The topological polar surface area (TPSA) is 38.9 Å². The monoisotopic (exact) mass is 266 g/mol. The summed E-state index contributed by atoms with van der Waals surface area (Å²) in [7, 11) is 0. The maximum Gasteiger partial charge on any atom is 0.213 e. The molecule has 0 aliphatic heterocycles. The number of rotatable bonds is 11. The van der Waals surface area contributed by atoms with Crippen LogP contribution in [0.1, 0.15) is 90.8 Å². The molecule has 0 N–H and O–H groups in total. The molecule has 1 aromatic rings. The highest BCUT2D eigenvalue weighted by molar-refractivity contribution is 5.02. The summed E-state index contributed by atoms with van der Waals surface area (Å²) in [5, 5.41) is 4.10. The second kappa shape index (κ2) is 9.11. The number of aromatic nitrogens is 2. The van der Waals surface area contributed by atoms with Crippen molar-refractivity contribution in [2.45, 2.75) is 90.4 Å². The quantitative estimate of drug-likeness (QED) is 0.512. The van der Waals surface area contributed by atoms with Crippen LogP contribution < -0.4 is 0 Å². The van der Waals surface area contributed by atoms with E-state index in [4.69, 9.17) is 4.52 Å². The lowest BCUT2D eigenvalue weighted by Crippen LogP contribution is -2.23. The van der Waals surface area contributed by atoms with Crippen LogP contribution in [0.25, 0.3) is 0 Å². The molecule has 0 spiro atoms. The summed E-state index contributed by atoms with van der Waals surface area (Å²) in [5.74, 6) is 0.903. The zero-order valence-corrected chi connectivity index (χ0v) is 13.0. The summed E-state index contributed by atoms with van der Waals surface area (Å²) >= 11 is 0. The normalized spacial score (nSPS) is 11.9. The van der Waals surface area contributed by atoms with Crippen LogP contribution in [0.2, 0.25) is 0 Å². The van der Waals surface area contributed by atoms with Gasteiger partial charge in [0.15, 0.2) is 5.82 Å². The van der Waals surface area contributed by atoms with Crippen LogP contribution in [-0.2, 0) is 5.41 Å². The fraction of sp³-hybridized carbons (Fsp3) is 0.875. The first-order chi connectivity index (χ1) is 9.23. The second-order valence-corrected chi connectivity index (χ2v) is 5.94. The van der Waals surface area contributed by atoms with Gasteiger partial charge in [-0.3, -0.25) is 0 Å². The van der Waals surface area contributed by atoms with E-state index in [0.717, 1.165) is 5.82 Å². The van der Waals surface area contributed by atoms with Gasteiger partial charge in [-0.2, -0.15) is 4.98 Å². The molecule has 0 amide bonds. The minimum atomic E-state index is 0.106. The van der Waals surface area contributed by atoms with Crippen LogP contribution in [0.3, 0.4) is 0 Å². The first-order valence-corrected chi connectivity index (χ1v) is 8.00. The van der Waals surface area contributed by atoms with E-state index in [2.05, 4.69) is 30.9 Å². The van der Waals surface area contributed by atoms with Crippen molar-refractivity contribution < 1.29 is 4.52 Å². The Balaban J connectivity index is 2.47. The number of nitrogens with zero attached hydrogens (tertiary/aromatic N) is 2. The third kappa shape index (κ3) is 5.75. The maximum absolute atomic E-state index is 4.95. The van der Waals surface area contributed by atoms with Crippen molar-refractivity contribution in [1.29, 1.82) is 0 Å². The van der Waals surface area contributed by atoms with Gasteiger partial charge < -0.3 is 4.52 Å². The molecule has 0 saturated carbocycles. The third-order valence-corrected chi connectivity index (χ3v) is 4.07. The summed E-state index contributed by atoms with van der Waals surface area (Å²) < 4.78 is 4.95. The average Bonchev–Trinajstić information content (AvgIpc) is 2.95. The molecule has 0 radical (unpaired) electrons. The fourth-order valence-corrected chi connectivity index (χ4v) is 2.67. The Labute approximate surface area is 118 Å². The summed E-state index contributed by atoms with van der Waals surface area (Å²) in [6, 6.07) is 0. The molecule has 0 aliphatic carbocycles. The van der Waals surface area contributed by atoms with E-state index in [0.29, 0.717) is 0 Å². The molecule has 0 atom stereocenters. The van der Waals surface area contributed by atoms with Crippen molar-refractivity contribution in [2.24, 2.45) is 0 Å². The van der Waals surface area contributed by atoms with Crippen LogP contribution in [0.15, 0.2) is 10.9 Å². The van der Waals surface area contributed by atoms with Crippen LogP contribution in [0.4, 0.5) is 0 Å². The van der Waals surface area contributed by atoms with Crippen molar-refractivity contribution in [1.82, 2.24) is 10.1 Å². The first-order valence-electron chi connectivity index (χ1n) is 8.00. The summed E-state index contributed by atoms with van der Waals surface area (Å²) in [5.41, 5.74) is 0.106. The maximum atomic E-state index is 4.95. The molecule has 0 unspecified atom stereocenters. The highest BCUT2D eigenvalue weighted by Crippen LogP contribution is 2.33. The van der Waals surface area contributed by atoms with E-state index in [1.54, 1.807) is 0 Å². The summed E-state index contributed by atoms with van der Waals surface area (Å²) in [6.07, 6.45) is 14.2. The smallest absolute Gasteiger partial charge is 0.213 e. The molecule has 0 bridgehead atoms. The van der Waals surface area contributed by atoms with Crippen molar-refractivity contribution in [3.8, 4) is 0 Å². The molecular formula is C16H30N2O. The van der Waals surface area contributed by atoms with Gasteiger partial charge in [-0.05, 0) is 12.8 Å².